The molecule has 0 saturated carbocycles. The Morgan fingerprint density at radius 2 is 1.74 bits per heavy atom. The molecule has 23 heavy (non-hydrogen) atoms. The zero-order valence-electron chi connectivity index (χ0n) is 15.4. The largest absolute Gasteiger partial charge is 0.546 e. The summed E-state index contributed by atoms with van der Waals surface area (Å²) in [4.78, 5) is 11.3. The molecule has 0 fully saturated rings. The molecule has 0 bridgehead atoms. The standard InChI is InChI=1S/C19H34N2O2/c1-5-7-8-9-10-11-12-13-18-20(14-6-2)16(3)15-21(18)17(4)19(22)23/h15,17H,5-14H2,1-4H3. The van der Waals surface area contributed by atoms with E-state index in [4.69, 9.17) is 0 Å². The monoisotopic (exact) mass is 322 g/mol. The summed E-state index contributed by atoms with van der Waals surface area (Å²) in [5.41, 5.74) is 1.14. The van der Waals surface area contributed by atoms with E-state index in [9.17, 15) is 9.90 Å². The van der Waals surface area contributed by atoms with E-state index < -0.39 is 12.0 Å². The van der Waals surface area contributed by atoms with Crippen molar-refractivity contribution in [3.8, 4) is 0 Å². The topological polar surface area (TPSA) is 48.9 Å². The Labute approximate surface area is 141 Å². The molecule has 1 aromatic rings. The van der Waals surface area contributed by atoms with Gasteiger partial charge in [-0.1, -0.05) is 52.4 Å². The summed E-state index contributed by atoms with van der Waals surface area (Å²) in [6, 6.07) is -0.605. The highest BCUT2D eigenvalue weighted by molar-refractivity contribution is 5.66. The average Bonchev–Trinajstić information content (AvgIpc) is 2.82. The fourth-order valence-corrected chi connectivity index (χ4v) is 3.17. The Hall–Kier alpha value is -1.32. The molecular weight excluding hydrogens is 288 g/mol. The van der Waals surface area contributed by atoms with E-state index in [0.29, 0.717) is 0 Å². The zero-order valence-corrected chi connectivity index (χ0v) is 15.4. The highest BCUT2D eigenvalue weighted by Crippen LogP contribution is 2.13. The van der Waals surface area contributed by atoms with Crippen molar-refractivity contribution in [1.82, 2.24) is 4.57 Å². The highest BCUT2D eigenvalue weighted by atomic mass is 16.4. The van der Waals surface area contributed by atoms with Gasteiger partial charge in [-0.05, 0) is 19.8 Å². The summed E-state index contributed by atoms with van der Waals surface area (Å²) < 4.78 is 4.17. The van der Waals surface area contributed by atoms with Crippen molar-refractivity contribution in [2.24, 2.45) is 0 Å². The van der Waals surface area contributed by atoms with Crippen LogP contribution in [0.3, 0.4) is 0 Å². The Kier molecular flexibility index (Phi) is 8.97. The molecule has 4 nitrogen and oxygen atoms in total. The number of carboxylic acid groups (broad SMARTS) is 1. The molecular formula is C19H34N2O2. The summed E-state index contributed by atoms with van der Waals surface area (Å²) in [5, 5.41) is 11.3. The second-order valence-electron chi connectivity index (χ2n) is 6.61. The average molecular weight is 322 g/mol. The van der Waals surface area contributed by atoms with E-state index in [-0.39, 0.29) is 0 Å². The van der Waals surface area contributed by atoms with Crippen LogP contribution in [0.2, 0.25) is 0 Å². The molecule has 1 unspecified atom stereocenters. The molecule has 0 amide bonds. The van der Waals surface area contributed by atoms with Crippen LogP contribution in [-0.2, 0) is 17.8 Å². The van der Waals surface area contributed by atoms with Crippen LogP contribution in [0.15, 0.2) is 6.20 Å². The van der Waals surface area contributed by atoms with Crippen LogP contribution >= 0.6 is 0 Å². The van der Waals surface area contributed by atoms with E-state index >= 15 is 0 Å². The first kappa shape index (κ1) is 19.7. The normalized spacial score (nSPS) is 12.5. The van der Waals surface area contributed by atoms with Crippen LogP contribution in [0.5, 0.6) is 0 Å². The molecule has 0 aromatic carbocycles. The van der Waals surface area contributed by atoms with Crippen LogP contribution in [0.25, 0.3) is 0 Å². The summed E-state index contributed by atoms with van der Waals surface area (Å²) >= 11 is 0. The minimum atomic E-state index is -1.01. The lowest BCUT2D eigenvalue weighted by Gasteiger charge is -2.12. The number of hydrogen-bond acceptors (Lipinski definition) is 2. The number of imidazole rings is 1. The third-order valence-corrected chi connectivity index (χ3v) is 4.57. The summed E-state index contributed by atoms with van der Waals surface area (Å²) in [5.74, 6) is 0.124. The number of rotatable bonds is 12. The van der Waals surface area contributed by atoms with E-state index in [1.807, 2.05) is 10.8 Å². The van der Waals surface area contributed by atoms with Gasteiger partial charge in [-0.3, -0.25) is 0 Å². The Morgan fingerprint density at radius 3 is 2.30 bits per heavy atom. The Balaban J connectivity index is 2.68. The smallest absolute Gasteiger partial charge is 0.257 e. The van der Waals surface area contributed by atoms with Gasteiger partial charge in [0.15, 0.2) is 0 Å². The number of carbonyl (C=O) groups is 1. The Morgan fingerprint density at radius 1 is 1.13 bits per heavy atom. The van der Waals surface area contributed by atoms with E-state index in [1.54, 1.807) is 6.92 Å². The Bertz CT molecular complexity index is 480. The summed E-state index contributed by atoms with van der Waals surface area (Å²) in [6.07, 6.45) is 12.9. The number of carboxylic acids is 1. The summed E-state index contributed by atoms with van der Waals surface area (Å²) in [7, 11) is 0. The van der Waals surface area contributed by atoms with Crippen LogP contribution in [-0.4, -0.2) is 10.5 Å². The second-order valence-corrected chi connectivity index (χ2v) is 6.61. The molecule has 1 heterocycles. The van der Waals surface area contributed by atoms with Gasteiger partial charge in [0, 0.05) is 13.3 Å². The number of aliphatic carboxylic acids is 1. The van der Waals surface area contributed by atoms with Gasteiger partial charge >= 0.3 is 0 Å². The van der Waals surface area contributed by atoms with Gasteiger partial charge in [-0.25, -0.2) is 9.13 Å². The van der Waals surface area contributed by atoms with Crippen molar-refractivity contribution in [2.75, 3.05) is 0 Å². The van der Waals surface area contributed by atoms with Crippen molar-refractivity contribution < 1.29 is 14.5 Å². The van der Waals surface area contributed by atoms with Crippen molar-refractivity contribution in [2.45, 2.75) is 98.1 Å². The minimum Gasteiger partial charge on any atom is -0.546 e. The lowest BCUT2D eigenvalue weighted by atomic mass is 10.1. The maximum Gasteiger partial charge on any atom is 0.257 e. The van der Waals surface area contributed by atoms with Crippen LogP contribution < -0.4 is 9.67 Å². The molecule has 0 spiro atoms. The van der Waals surface area contributed by atoms with Gasteiger partial charge in [0.05, 0.1) is 12.5 Å². The zero-order chi connectivity index (χ0) is 17.2. The van der Waals surface area contributed by atoms with Crippen LogP contribution in [0.1, 0.15) is 89.7 Å². The lowest BCUT2D eigenvalue weighted by molar-refractivity contribution is -0.719. The number of carbonyl (C=O) groups excluding carboxylic acids is 1. The van der Waals surface area contributed by atoms with Gasteiger partial charge in [0.2, 0.25) is 0 Å². The van der Waals surface area contributed by atoms with Crippen molar-refractivity contribution >= 4 is 5.97 Å². The maximum absolute atomic E-state index is 11.3. The van der Waals surface area contributed by atoms with Crippen LogP contribution in [0, 0.1) is 6.92 Å². The first-order chi connectivity index (χ1) is 11.0. The number of nitrogens with zero attached hydrogens (tertiary/aromatic N) is 2. The molecule has 1 atom stereocenters. The predicted molar refractivity (Wildman–Crippen MR) is 91.1 cm³/mol. The third kappa shape index (κ3) is 6.00. The van der Waals surface area contributed by atoms with Gasteiger partial charge < -0.3 is 9.90 Å². The molecule has 0 radical (unpaired) electrons. The third-order valence-electron chi connectivity index (χ3n) is 4.57. The van der Waals surface area contributed by atoms with Crippen molar-refractivity contribution in [1.29, 1.82) is 0 Å². The number of unbranched alkanes of at least 4 members (excludes halogenated alkanes) is 6. The SMILES string of the molecule is CCCCCCCCCc1n(CCC)c(C)c[n+]1C(C)C(=O)[O-]. The predicted octanol–water partition coefficient (Wildman–Crippen LogP) is 3.10. The van der Waals surface area contributed by atoms with Crippen LogP contribution in [0.4, 0.5) is 0 Å². The first-order valence-electron chi connectivity index (χ1n) is 9.33. The molecule has 1 rings (SSSR count). The first-order valence-corrected chi connectivity index (χ1v) is 9.33. The number of aryl methyl sites for hydroxylation is 1. The van der Waals surface area contributed by atoms with Crippen molar-refractivity contribution in [3.63, 3.8) is 0 Å². The minimum absolute atomic E-state index is 0.605. The van der Waals surface area contributed by atoms with Gasteiger partial charge in [0.25, 0.3) is 5.82 Å². The van der Waals surface area contributed by atoms with E-state index in [1.165, 1.54) is 38.5 Å². The number of hydrogen-bond donors (Lipinski definition) is 0. The van der Waals surface area contributed by atoms with Crippen molar-refractivity contribution in [3.05, 3.63) is 17.7 Å². The maximum atomic E-state index is 11.3. The molecule has 0 aliphatic carbocycles. The molecule has 0 saturated heterocycles. The highest BCUT2D eigenvalue weighted by Gasteiger charge is 2.24. The molecule has 132 valence electrons. The number of aromatic nitrogens is 2. The molecule has 4 heteroatoms. The fraction of sp³-hybridized carbons (Fsp3) is 0.789. The molecule has 1 aromatic heterocycles. The second kappa shape index (κ2) is 10.5. The van der Waals surface area contributed by atoms with Gasteiger partial charge in [0.1, 0.15) is 17.9 Å². The van der Waals surface area contributed by atoms with Gasteiger partial charge in [-0.15, -0.1) is 0 Å². The molecule has 0 aliphatic rings. The van der Waals surface area contributed by atoms with E-state index in [0.717, 1.165) is 37.3 Å². The fourth-order valence-electron chi connectivity index (χ4n) is 3.17. The molecule has 0 N–H and O–H groups in total. The summed E-state index contributed by atoms with van der Waals surface area (Å²) in [6.45, 7) is 9.11. The quantitative estimate of drug-likeness (QED) is 0.438. The molecule has 0 aliphatic heterocycles. The van der Waals surface area contributed by atoms with Gasteiger partial charge in [-0.2, -0.15) is 0 Å². The lowest BCUT2D eigenvalue weighted by Crippen LogP contribution is -2.49. The van der Waals surface area contributed by atoms with E-state index in [2.05, 4.69) is 25.3 Å².